The summed E-state index contributed by atoms with van der Waals surface area (Å²) >= 11 is 1.59. The van der Waals surface area contributed by atoms with Crippen LogP contribution < -0.4 is 9.46 Å². The summed E-state index contributed by atoms with van der Waals surface area (Å²) in [6, 6.07) is 7.71. The largest absolute Gasteiger partial charge is 0.493 e. The number of hydrogen-bond donors (Lipinski definition) is 1. The van der Waals surface area contributed by atoms with Crippen LogP contribution in [0.5, 0.6) is 5.75 Å². The molecule has 0 aliphatic carbocycles. The molecule has 2 heterocycles. The van der Waals surface area contributed by atoms with E-state index >= 15 is 0 Å². The van der Waals surface area contributed by atoms with Crippen molar-refractivity contribution in [2.24, 2.45) is 5.92 Å². The zero-order valence-electron chi connectivity index (χ0n) is 14.8. The Labute approximate surface area is 158 Å². The lowest BCUT2D eigenvalue weighted by Gasteiger charge is -2.31. The van der Waals surface area contributed by atoms with Gasteiger partial charge >= 0.3 is 0 Å². The normalized spacial score (nSPS) is 20.8. The van der Waals surface area contributed by atoms with E-state index in [1.807, 2.05) is 42.9 Å². The Morgan fingerprint density at radius 1 is 1.35 bits per heavy atom. The zero-order valence-corrected chi connectivity index (χ0v) is 16.4. The maximum absolute atomic E-state index is 12.1. The van der Waals surface area contributed by atoms with Crippen LogP contribution >= 0.6 is 11.3 Å². The predicted molar refractivity (Wildman–Crippen MR) is 103 cm³/mol. The lowest BCUT2D eigenvalue weighted by molar-refractivity contribution is 0.0186. The highest BCUT2D eigenvalue weighted by atomic mass is 32.2. The summed E-state index contributed by atoms with van der Waals surface area (Å²) in [5, 5.41) is 0. The average molecular weight is 397 g/mol. The highest BCUT2D eigenvalue weighted by Crippen LogP contribution is 2.26. The number of aromatic nitrogens is 1. The van der Waals surface area contributed by atoms with Crippen LogP contribution in [0, 0.1) is 5.92 Å². The maximum Gasteiger partial charge on any atom is 0.211 e. The number of sulfonamides is 1. The Morgan fingerprint density at radius 2 is 2.15 bits per heavy atom. The van der Waals surface area contributed by atoms with Crippen molar-refractivity contribution in [2.75, 3.05) is 25.6 Å². The summed E-state index contributed by atoms with van der Waals surface area (Å²) in [5.41, 5.74) is 2.91. The van der Waals surface area contributed by atoms with Crippen LogP contribution in [-0.4, -0.2) is 45.0 Å². The van der Waals surface area contributed by atoms with Gasteiger partial charge in [-0.2, -0.15) is 0 Å². The highest BCUT2D eigenvalue weighted by molar-refractivity contribution is 7.89. The van der Waals surface area contributed by atoms with Gasteiger partial charge in [0.2, 0.25) is 10.0 Å². The molecule has 0 bridgehead atoms. The van der Waals surface area contributed by atoms with Crippen molar-refractivity contribution < 1.29 is 17.9 Å². The van der Waals surface area contributed by atoms with Crippen molar-refractivity contribution in [3.63, 3.8) is 0 Å². The summed E-state index contributed by atoms with van der Waals surface area (Å²) in [6.07, 6.45) is 3.11. The average Bonchev–Trinajstić information content (AvgIpc) is 3.16. The molecule has 0 spiro atoms. The van der Waals surface area contributed by atoms with E-state index in [2.05, 4.69) is 9.71 Å². The van der Waals surface area contributed by atoms with E-state index in [0.29, 0.717) is 32.7 Å². The Hall–Kier alpha value is -1.48. The fourth-order valence-electron chi connectivity index (χ4n) is 2.95. The number of rotatable bonds is 8. The first kappa shape index (κ1) is 19.3. The van der Waals surface area contributed by atoms with Crippen molar-refractivity contribution in [2.45, 2.75) is 25.8 Å². The van der Waals surface area contributed by atoms with Gasteiger partial charge in [-0.3, -0.25) is 4.98 Å². The van der Waals surface area contributed by atoms with Gasteiger partial charge in [0.05, 0.1) is 29.4 Å². The number of benzene rings is 1. The number of nitrogens with one attached hydrogen (secondary N) is 1. The Balaban J connectivity index is 1.58. The quantitative estimate of drug-likeness (QED) is 0.742. The Kier molecular flexibility index (Phi) is 6.63. The molecule has 0 radical (unpaired) electrons. The minimum Gasteiger partial charge on any atom is -0.493 e. The summed E-state index contributed by atoms with van der Waals surface area (Å²) < 4.78 is 38.4. The van der Waals surface area contributed by atoms with Gasteiger partial charge in [-0.1, -0.05) is 6.92 Å². The van der Waals surface area contributed by atoms with Crippen molar-refractivity contribution in [3.8, 4) is 16.2 Å². The molecule has 3 rings (SSSR count). The van der Waals surface area contributed by atoms with Crippen molar-refractivity contribution >= 4 is 21.4 Å². The molecule has 1 aromatic heterocycles. The van der Waals surface area contributed by atoms with E-state index in [1.165, 1.54) is 0 Å². The topological polar surface area (TPSA) is 77.5 Å². The Bertz CT molecular complexity index is 776. The van der Waals surface area contributed by atoms with Crippen LogP contribution in [-0.2, 0) is 14.8 Å². The monoisotopic (exact) mass is 396 g/mol. The zero-order chi connectivity index (χ0) is 18.4. The standard InChI is InChI=1S/C18H24N2O4S2/c1-2-9-26(21,22)20-17-7-8-23-11-15(17)12-24-16-5-3-14(4-6-16)18-10-19-13-25-18/h3-6,10,13,15,17,20H,2,7-9,11-12H2,1H3. The van der Waals surface area contributed by atoms with E-state index in [9.17, 15) is 8.42 Å². The molecule has 1 N–H and O–H groups in total. The summed E-state index contributed by atoms with van der Waals surface area (Å²) in [4.78, 5) is 5.20. The first-order valence-corrected chi connectivity index (χ1v) is 11.3. The Morgan fingerprint density at radius 3 is 2.85 bits per heavy atom. The molecule has 26 heavy (non-hydrogen) atoms. The van der Waals surface area contributed by atoms with Crippen molar-refractivity contribution in [3.05, 3.63) is 36.0 Å². The molecule has 1 aliphatic rings. The van der Waals surface area contributed by atoms with Gasteiger partial charge in [0.1, 0.15) is 5.75 Å². The molecule has 1 fully saturated rings. The molecular formula is C18H24N2O4S2. The molecule has 2 atom stereocenters. The lowest BCUT2D eigenvalue weighted by atomic mass is 9.98. The van der Waals surface area contributed by atoms with E-state index in [-0.39, 0.29) is 17.7 Å². The van der Waals surface area contributed by atoms with E-state index in [4.69, 9.17) is 9.47 Å². The molecule has 6 nitrogen and oxygen atoms in total. The third-order valence-electron chi connectivity index (χ3n) is 4.31. The second-order valence-electron chi connectivity index (χ2n) is 6.37. The number of nitrogens with zero attached hydrogens (tertiary/aromatic N) is 1. The maximum atomic E-state index is 12.1. The van der Waals surface area contributed by atoms with Crippen LogP contribution in [0.4, 0.5) is 0 Å². The van der Waals surface area contributed by atoms with Crippen LogP contribution in [0.15, 0.2) is 36.0 Å². The van der Waals surface area contributed by atoms with Crippen LogP contribution in [0.1, 0.15) is 19.8 Å². The van der Waals surface area contributed by atoms with Crippen molar-refractivity contribution in [1.29, 1.82) is 0 Å². The lowest BCUT2D eigenvalue weighted by Crippen LogP contribution is -2.48. The smallest absolute Gasteiger partial charge is 0.211 e. The fraction of sp³-hybridized carbons (Fsp3) is 0.500. The SMILES string of the molecule is CCCS(=O)(=O)NC1CCOCC1COc1ccc(-c2cncs2)cc1. The van der Waals surface area contributed by atoms with Gasteiger partial charge in [-0.15, -0.1) is 11.3 Å². The fourth-order valence-corrected chi connectivity index (χ4v) is 5.01. The minimum absolute atomic E-state index is 0.00319. The molecule has 0 amide bonds. The highest BCUT2D eigenvalue weighted by Gasteiger charge is 2.29. The first-order valence-electron chi connectivity index (χ1n) is 8.77. The van der Waals surface area contributed by atoms with E-state index in [1.54, 1.807) is 11.3 Å². The molecule has 1 saturated heterocycles. The van der Waals surface area contributed by atoms with Crippen molar-refractivity contribution in [1.82, 2.24) is 9.71 Å². The van der Waals surface area contributed by atoms with Gasteiger partial charge in [0, 0.05) is 24.8 Å². The van der Waals surface area contributed by atoms with Gasteiger partial charge in [-0.25, -0.2) is 13.1 Å². The predicted octanol–water partition coefficient (Wildman–Crippen LogP) is 2.92. The molecule has 142 valence electrons. The summed E-state index contributed by atoms with van der Waals surface area (Å²) in [5.74, 6) is 0.910. The number of thiazole rings is 1. The second kappa shape index (κ2) is 8.94. The van der Waals surface area contributed by atoms with Gasteiger partial charge < -0.3 is 9.47 Å². The summed E-state index contributed by atoms with van der Waals surface area (Å²) in [6.45, 7) is 3.34. The molecule has 1 aliphatic heterocycles. The molecule has 0 saturated carbocycles. The van der Waals surface area contributed by atoms with Gasteiger partial charge in [0.25, 0.3) is 0 Å². The molecule has 1 aromatic carbocycles. The number of ether oxygens (including phenoxy) is 2. The van der Waals surface area contributed by atoms with E-state index < -0.39 is 10.0 Å². The minimum atomic E-state index is -3.24. The van der Waals surface area contributed by atoms with Gasteiger partial charge in [-0.05, 0) is 42.7 Å². The summed E-state index contributed by atoms with van der Waals surface area (Å²) in [7, 11) is -3.24. The molecule has 2 aromatic rings. The molecule has 2 unspecified atom stereocenters. The number of hydrogen-bond acceptors (Lipinski definition) is 6. The second-order valence-corrected chi connectivity index (χ2v) is 9.13. The third-order valence-corrected chi connectivity index (χ3v) is 6.74. The van der Waals surface area contributed by atoms with Crippen LogP contribution in [0.25, 0.3) is 10.4 Å². The van der Waals surface area contributed by atoms with Crippen LogP contribution in [0.2, 0.25) is 0 Å². The van der Waals surface area contributed by atoms with Gasteiger partial charge in [0.15, 0.2) is 0 Å². The third kappa shape index (κ3) is 5.26. The first-order chi connectivity index (χ1) is 12.6. The molecular weight excluding hydrogens is 372 g/mol. The van der Waals surface area contributed by atoms with E-state index in [0.717, 1.165) is 16.2 Å². The van der Waals surface area contributed by atoms with Crippen LogP contribution in [0.3, 0.4) is 0 Å². The molecule has 8 heteroatoms.